The maximum atomic E-state index is 11.6. The van der Waals surface area contributed by atoms with Gasteiger partial charge in [-0.3, -0.25) is 0 Å². The van der Waals surface area contributed by atoms with Crippen molar-refractivity contribution in [2.45, 2.75) is 39.2 Å². The molecule has 5 nitrogen and oxygen atoms in total. The van der Waals surface area contributed by atoms with Crippen molar-refractivity contribution in [3.8, 4) is 5.75 Å². The second kappa shape index (κ2) is 11.9. The molecule has 0 radical (unpaired) electrons. The number of ether oxygens (including phenoxy) is 3. The summed E-state index contributed by atoms with van der Waals surface area (Å²) in [5.41, 5.74) is 0.893. The van der Waals surface area contributed by atoms with Crippen LogP contribution >= 0.6 is 0 Å². The predicted octanol–water partition coefficient (Wildman–Crippen LogP) is 3.93. The third-order valence-corrected chi connectivity index (χ3v) is 3.40. The van der Waals surface area contributed by atoms with Gasteiger partial charge in [-0.25, -0.2) is 9.59 Å². The Morgan fingerprint density at radius 1 is 1.12 bits per heavy atom. The first-order valence-corrected chi connectivity index (χ1v) is 8.46. The van der Waals surface area contributed by atoms with Gasteiger partial charge in [-0.2, -0.15) is 0 Å². The van der Waals surface area contributed by atoms with Gasteiger partial charge in [0.25, 0.3) is 0 Å². The fraction of sp³-hybridized carbons (Fsp3) is 0.400. The molecule has 1 atom stereocenters. The lowest BCUT2D eigenvalue weighted by Gasteiger charge is -2.08. The van der Waals surface area contributed by atoms with Crippen LogP contribution in [0, 0.1) is 0 Å². The Morgan fingerprint density at radius 3 is 2.44 bits per heavy atom. The van der Waals surface area contributed by atoms with E-state index in [4.69, 9.17) is 14.2 Å². The summed E-state index contributed by atoms with van der Waals surface area (Å²) in [7, 11) is 0. The van der Waals surface area contributed by atoms with Gasteiger partial charge in [0.15, 0.2) is 0 Å². The van der Waals surface area contributed by atoms with Crippen molar-refractivity contribution in [1.29, 1.82) is 0 Å². The molecule has 0 bridgehead atoms. The third-order valence-electron chi connectivity index (χ3n) is 3.40. The van der Waals surface area contributed by atoms with Crippen LogP contribution < -0.4 is 4.74 Å². The van der Waals surface area contributed by atoms with Crippen molar-refractivity contribution in [2.24, 2.45) is 0 Å². The Labute approximate surface area is 149 Å². The van der Waals surface area contributed by atoms with E-state index in [0.29, 0.717) is 13.2 Å². The number of hydrogen-bond acceptors (Lipinski definition) is 5. The molecule has 25 heavy (non-hydrogen) atoms. The van der Waals surface area contributed by atoms with Crippen molar-refractivity contribution >= 4 is 18.0 Å². The molecule has 0 aromatic heterocycles. The zero-order valence-electron chi connectivity index (χ0n) is 14.9. The van der Waals surface area contributed by atoms with Crippen molar-refractivity contribution in [3.63, 3.8) is 0 Å². The molecule has 0 heterocycles. The van der Waals surface area contributed by atoms with Gasteiger partial charge in [0.2, 0.25) is 0 Å². The molecular formula is C20H26O5. The number of hydrogen-bond donors (Lipinski definition) is 0. The van der Waals surface area contributed by atoms with Gasteiger partial charge < -0.3 is 14.2 Å². The van der Waals surface area contributed by atoms with E-state index in [-0.39, 0.29) is 12.1 Å². The van der Waals surface area contributed by atoms with Gasteiger partial charge >= 0.3 is 11.9 Å². The monoisotopic (exact) mass is 346 g/mol. The second-order valence-electron chi connectivity index (χ2n) is 5.49. The molecule has 0 aliphatic carbocycles. The molecule has 0 amide bonds. The second-order valence-corrected chi connectivity index (χ2v) is 5.49. The summed E-state index contributed by atoms with van der Waals surface area (Å²) in [6.07, 6.45) is 6.52. The lowest BCUT2D eigenvalue weighted by Crippen LogP contribution is -2.11. The summed E-state index contributed by atoms with van der Waals surface area (Å²) in [5, 5.41) is 0. The Bertz CT molecular complexity index is 574. The summed E-state index contributed by atoms with van der Waals surface area (Å²) < 4.78 is 15.7. The van der Waals surface area contributed by atoms with Gasteiger partial charge in [-0.1, -0.05) is 25.6 Å². The maximum absolute atomic E-state index is 11.6. The minimum absolute atomic E-state index is 0.0757. The van der Waals surface area contributed by atoms with E-state index < -0.39 is 5.97 Å². The fourth-order valence-corrected chi connectivity index (χ4v) is 1.79. The lowest BCUT2D eigenvalue weighted by molar-refractivity contribution is -0.142. The van der Waals surface area contributed by atoms with Crippen LogP contribution in [0.1, 0.15) is 38.7 Å². The largest absolute Gasteiger partial charge is 0.494 e. The van der Waals surface area contributed by atoms with E-state index in [1.807, 2.05) is 38.1 Å². The molecule has 0 fully saturated rings. The van der Waals surface area contributed by atoms with Crippen molar-refractivity contribution in [3.05, 3.63) is 48.6 Å². The molecule has 136 valence electrons. The minimum atomic E-state index is -0.405. The molecule has 0 saturated carbocycles. The van der Waals surface area contributed by atoms with Crippen molar-refractivity contribution in [1.82, 2.24) is 0 Å². The van der Waals surface area contributed by atoms with Crippen LogP contribution in [0.5, 0.6) is 5.75 Å². The Balaban J connectivity index is 2.28. The first-order chi connectivity index (χ1) is 12.0. The summed E-state index contributed by atoms with van der Waals surface area (Å²) in [5.74, 6) is 0.00634. The highest BCUT2D eigenvalue weighted by molar-refractivity contribution is 5.87. The van der Waals surface area contributed by atoms with Gasteiger partial charge in [-0.15, -0.1) is 0 Å². The van der Waals surface area contributed by atoms with E-state index in [0.717, 1.165) is 36.7 Å². The van der Waals surface area contributed by atoms with E-state index in [1.54, 1.807) is 6.08 Å². The van der Waals surface area contributed by atoms with Crippen molar-refractivity contribution < 1.29 is 23.8 Å². The quantitative estimate of drug-likeness (QED) is 0.345. The molecule has 1 rings (SSSR count). The van der Waals surface area contributed by atoms with Gasteiger partial charge in [-0.05, 0) is 50.0 Å². The van der Waals surface area contributed by atoms with Crippen LogP contribution in [0.15, 0.2) is 43.0 Å². The standard InChI is InChI=1S/C20H26O5/c1-4-16(3)25-20(22)13-10-17-8-11-18(12-9-17)23-14-6-7-15-24-19(21)5-2/h5,8-13,16H,2,4,6-7,14-15H2,1,3H3/b13-10+. The third kappa shape index (κ3) is 9.35. The highest BCUT2D eigenvalue weighted by Crippen LogP contribution is 2.14. The van der Waals surface area contributed by atoms with E-state index in [1.165, 1.54) is 6.08 Å². The molecule has 1 aromatic rings. The average molecular weight is 346 g/mol. The van der Waals surface area contributed by atoms with Gasteiger partial charge in [0.1, 0.15) is 5.75 Å². The zero-order chi connectivity index (χ0) is 18.5. The number of esters is 2. The van der Waals surface area contributed by atoms with E-state index in [9.17, 15) is 9.59 Å². The van der Waals surface area contributed by atoms with Crippen LogP contribution in [0.25, 0.3) is 6.08 Å². The highest BCUT2D eigenvalue weighted by atomic mass is 16.5. The zero-order valence-corrected chi connectivity index (χ0v) is 14.9. The Hall–Kier alpha value is -2.56. The molecule has 1 aromatic carbocycles. The molecule has 5 heteroatoms. The smallest absolute Gasteiger partial charge is 0.331 e. The lowest BCUT2D eigenvalue weighted by atomic mass is 10.2. The first-order valence-electron chi connectivity index (χ1n) is 8.46. The molecular weight excluding hydrogens is 320 g/mol. The molecule has 0 aliphatic heterocycles. The number of rotatable bonds is 11. The molecule has 0 N–H and O–H groups in total. The van der Waals surface area contributed by atoms with Gasteiger partial charge in [0.05, 0.1) is 19.3 Å². The average Bonchev–Trinajstić information content (AvgIpc) is 2.63. The van der Waals surface area contributed by atoms with Crippen molar-refractivity contribution in [2.75, 3.05) is 13.2 Å². The predicted molar refractivity (Wildman–Crippen MR) is 97.2 cm³/mol. The van der Waals surface area contributed by atoms with Crippen LogP contribution in [0.4, 0.5) is 0 Å². The SMILES string of the molecule is C=CC(=O)OCCCCOc1ccc(/C=C/C(=O)OC(C)CC)cc1. The fourth-order valence-electron chi connectivity index (χ4n) is 1.79. The first kappa shape index (κ1) is 20.5. The van der Waals surface area contributed by atoms with Crippen LogP contribution in [-0.4, -0.2) is 31.3 Å². The summed E-state index contributed by atoms with van der Waals surface area (Å²) in [4.78, 5) is 22.4. The van der Waals surface area contributed by atoms with Crippen LogP contribution in [0.2, 0.25) is 0 Å². The molecule has 1 unspecified atom stereocenters. The maximum Gasteiger partial charge on any atom is 0.331 e. The molecule has 0 aliphatic rings. The summed E-state index contributed by atoms with van der Waals surface area (Å²) >= 11 is 0. The van der Waals surface area contributed by atoms with E-state index >= 15 is 0 Å². The Morgan fingerprint density at radius 2 is 1.80 bits per heavy atom. The molecule has 0 spiro atoms. The summed E-state index contributed by atoms with van der Waals surface area (Å²) in [6.45, 7) is 8.07. The number of carbonyl (C=O) groups is 2. The van der Waals surface area contributed by atoms with Crippen LogP contribution in [-0.2, 0) is 19.1 Å². The van der Waals surface area contributed by atoms with Gasteiger partial charge in [0, 0.05) is 12.2 Å². The normalized spacial score (nSPS) is 11.8. The minimum Gasteiger partial charge on any atom is -0.494 e. The number of carbonyl (C=O) groups excluding carboxylic acids is 2. The number of unbranched alkanes of at least 4 members (excludes halogenated alkanes) is 1. The van der Waals surface area contributed by atoms with Crippen LogP contribution in [0.3, 0.4) is 0 Å². The Kier molecular flexibility index (Phi) is 9.75. The topological polar surface area (TPSA) is 61.8 Å². The highest BCUT2D eigenvalue weighted by Gasteiger charge is 2.03. The number of benzene rings is 1. The molecule has 0 saturated heterocycles. The summed E-state index contributed by atoms with van der Waals surface area (Å²) in [6, 6.07) is 7.43. The van der Waals surface area contributed by atoms with E-state index in [2.05, 4.69) is 6.58 Å².